The van der Waals surface area contributed by atoms with Gasteiger partial charge >= 0.3 is 0 Å². The molecule has 2 aliphatic rings. The molecule has 0 aliphatic carbocycles. The SMILES string of the molecule is O=C(Nc1ccc(I)cc1)c1ccc([C@H]2O[C@@H]3CN[C@H]2C3)cc1. The smallest absolute Gasteiger partial charge is 0.255 e. The molecule has 2 bridgehead atoms. The van der Waals surface area contributed by atoms with E-state index in [1.165, 1.54) is 0 Å². The van der Waals surface area contributed by atoms with E-state index in [9.17, 15) is 4.79 Å². The summed E-state index contributed by atoms with van der Waals surface area (Å²) in [4.78, 5) is 12.3. The van der Waals surface area contributed by atoms with Crippen LogP contribution in [0, 0.1) is 3.57 Å². The molecule has 2 aliphatic heterocycles. The Morgan fingerprint density at radius 2 is 1.87 bits per heavy atom. The summed E-state index contributed by atoms with van der Waals surface area (Å²) >= 11 is 2.24. The van der Waals surface area contributed by atoms with Gasteiger partial charge in [-0.1, -0.05) is 12.1 Å². The number of carbonyl (C=O) groups is 1. The van der Waals surface area contributed by atoms with Crippen molar-refractivity contribution in [2.45, 2.75) is 24.7 Å². The number of hydrogen-bond donors (Lipinski definition) is 2. The lowest BCUT2D eigenvalue weighted by Crippen LogP contribution is -2.34. The summed E-state index contributed by atoms with van der Waals surface area (Å²) < 4.78 is 7.13. The van der Waals surface area contributed by atoms with Crippen molar-refractivity contribution in [3.63, 3.8) is 0 Å². The number of ether oxygens (including phenoxy) is 1. The Morgan fingerprint density at radius 3 is 2.48 bits per heavy atom. The van der Waals surface area contributed by atoms with Crippen LogP contribution in [0.1, 0.15) is 28.4 Å². The summed E-state index contributed by atoms with van der Waals surface area (Å²) in [7, 11) is 0. The number of anilines is 1. The maximum absolute atomic E-state index is 12.3. The van der Waals surface area contributed by atoms with Gasteiger partial charge in [0.1, 0.15) is 0 Å². The van der Waals surface area contributed by atoms with Crippen LogP contribution in [-0.4, -0.2) is 24.6 Å². The number of benzene rings is 2. The van der Waals surface area contributed by atoms with Crippen LogP contribution in [-0.2, 0) is 4.74 Å². The zero-order chi connectivity index (χ0) is 15.8. The van der Waals surface area contributed by atoms with E-state index in [0.717, 1.165) is 27.8 Å². The summed E-state index contributed by atoms with van der Waals surface area (Å²) in [5.74, 6) is -0.0928. The highest BCUT2D eigenvalue weighted by Crippen LogP contribution is 2.36. The molecular weight excluding hydrogens is 403 g/mol. The number of fused-ring (bicyclic) bond motifs is 2. The monoisotopic (exact) mass is 420 g/mol. The van der Waals surface area contributed by atoms with Gasteiger partial charge in [0, 0.05) is 27.4 Å². The van der Waals surface area contributed by atoms with Crippen molar-refractivity contribution in [1.29, 1.82) is 0 Å². The molecule has 4 nitrogen and oxygen atoms in total. The number of halogens is 1. The Kier molecular flexibility index (Phi) is 4.09. The number of carbonyl (C=O) groups excluding carboxylic acids is 1. The number of nitrogens with one attached hydrogen (secondary N) is 2. The Hall–Kier alpha value is -1.44. The third-order valence-corrected chi connectivity index (χ3v) is 5.15. The molecule has 0 radical (unpaired) electrons. The van der Waals surface area contributed by atoms with Crippen LogP contribution < -0.4 is 10.6 Å². The highest BCUT2D eigenvalue weighted by molar-refractivity contribution is 14.1. The molecule has 5 heteroatoms. The number of amides is 1. The van der Waals surface area contributed by atoms with Crippen molar-refractivity contribution in [3.8, 4) is 0 Å². The largest absolute Gasteiger partial charge is 0.367 e. The Bertz CT molecular complexity index is 715. The molecule has 4 rings (SSSR count). The van der Waals surface area contributed by atoms with E-state index in [0.29, 0.717) is 17.7 Å². The van der Waals surface area contributed by atoms with E-state index >= 15 is 0 Å². The van der Waals surface area contributed by atoms with Crippen LogP contribution in [0.4, 0.5) is 5.69 Å². The fourth-order valence-corrected chi connectivity index (χ4v) is 3.60. The van der Waals surface area contributed by atoms with E-state index in [1.54, 1.807) is 0 Å². The molecule has 2 aromatic carbocycles. The Labute approximate surface area is 148 Å². The van der Waals surface area contributed by atoms with Crippen molar-refractivity contribution < 1.29 is 9.53 Å². The summed E-state index contributed by atoms with van der Waals surface area (Å²) in [6.07, 6.45) is 1.54. The molecule has 2 aromatic rings. The molecule has 2 N–H and O–H groups in total. The van der Waals surface area contributed by atoms with Crippen LogP contribution in [0.25, 0.3) is 0 Å². The molecule has 0 saturated carbocycles. The fraction of sp³-hybridized carbons (Fsp3) is 0.278. The van der Waals surface area contributed by atoms with Gasteiger partial charge in [-0.05, 0) is 71.0 Å². The lowest BCUT2D eigenvalue weighted by molar-refractivity contribution is 0.0160. The van der Waals surface area contributed by atoms with Crippen LogP contribution in [0.2, 0.25) is 0 Å². The second kappa shape index (κ2) is 6.22. The summed E-state index contributed by atoms with van der Waals surface area (Å²) in [6.45, 7) is 0.956. The average Bonchev–Trinajstić information content (AvgIpc) is 3.20. The third-order valence-electron chi connectivity index (χ3n) is 4.43. The summed E-state index contributed by atoms with van der Waals surface area (Å²) in [5.41, 5.74) is 2.60. The second-order valence-corrected chi connectivity index (χ2v) is 7.26. The van der Waals surface area contributed by atoms with Crippen molar-refractivity contribution in [1.82, 2.24) is 5.32 Å². The Balaban J connectivity index is 1.45. The first-order chi connectivity index (χ1) is 11.2. The van der Waals surface area contributed by atoms with Gasteiger partial charge in [-0.2, -0.15) is 0 Å². The number of morpholine rings is 1. The second-order valence-electron chi connectivity index (χ2n) is 6.01. The third kappa shape index (κ3) is 3.13. The van der Waals surface area contributed by atoms with Gasteiger partial charge < -0.3 is 15.4 Å². The first kappa shape index (κ1) is 15.1. The molecule has 118 valence electrons. The lowest BCUT2D eigenvalue weighted by atomic mass is 10.0. The van der Waals surface area contributed by atoms with Crippen molar-refractivity contribution >= 4 is 34.2 Å². The number of hydrogen-bond acceptors (Lipinski definition) is 3. The zero-order valence-corrected chi connectivity index (χ0v) is 14.6. The minimum absolute atomic E-state index is 0.0928. The van der Waals surface area contributed by atoms with Crippen LogP contribution >= 0.6 is 22.6 Å². The lowest BCUT2D eigenvalue weighted by Gasteiger charge is -2.23. The standard InChI is InChI=1S/C18H17IN2O2/c19-13-5-7-14(8-6-13)21-18(22)12-3-1-11(2-4-12)17-16-9-15(23-17)10-20-16/h1-8,15-17,20H,9-10H2,(H,21,22)/t15-,16-,17+/m0/s1. The summed E-state index contributed by atoms with van der Waals surface area (Å²) in [6, 6.07) is 15.9. The Morgan fingerprint density at radius 1 is 1.13 bits per heavy atom. The van der Waals surface area contributed by atoms with E-state index in [4.69, 9.17) is 4.74 Å². The maximum atomic E-state index is 12.3. The minimum Gasteiger partial charge on any atom is -0.367 e. The zero-order valence-electron chi connectivity index (χ0n) is 12.5. The molecular formula is C18H17IN2O2. The predicted octanol–water partition coefficient (Wildman–Crippen LogP) is 3.35. The highest BCUT2D eigenvalue weighted by Gasteiger charge is 2.41. The van der Waals surface area contributed by atoms with Gasteiger partial charge in [0.2, 0.25) is 0 Å². The van der Waals surface area contributed by atoms with Gasteiger partial charge in [0.25, 0.3) is 5.91 Å². The minimum atomic E-state index is -0.0928. The van der Waals surface area contributed by atoms with Crippen molar-refractivity contribution in [2.24, 2.45) is 0 Å². The molecule has 0 unspecified atom stereocenters. The van der Waals surface area contributed by atoms with Crippen molar-refractivity contribution in [2.75, 3.05) is 11.9 Å². The van der Waals surface area contributed by atoms with Gasteiger partial charge in [0.15, 0.2) is 0 Å². The van der Waals surface area contributed by atoms with Gasteiger partial charge in [-0.25, -0.2) is 0 Å². The molecule has 1 amide bonds. The average molecular weight is 420 g/mol. The van der Waals surface area contributed by atoms with Crippen molar-refractivity contribution in [3.05, 3.63) is 63.2 Å². The quantitative estimate of drug-likeness (QED) is 0.750. The van der Waals surface area contributed by atoms with Crippen LogP contribution in [0.3, 0.4) is 0 Å². The highest BCUT2D eigenvalue weighted by atomic mass is 127. The first-order valence-corrected chi connectivity index (χ1v) is 8.82. The molecule has 23 heavy (non-hydrogen) atoms. The fourth-order valence-electron chi connectivity index (χ4n) is 3.24. The molecule has 2 fully saturated rings. The van der Waals surface area contributed by atoms with Crippen LogP contribution in [0.5, 0.6) is 0 Å². The molecule has 0 spiro atoms. The molecule has 0 aromatic heterocycles. The predicted molar refractivity (Wildman–Crippen MR) is 97.6 cm³/mol. The summed E-state index contributed by atoms with van der Waals surface area (Å²) in [5, 5.41) is 6.39. The van der Waals surface area contributed by atoms with E-state index in [1.807, 2.05) is 48.5 Å². The molecule has 2 heterocycles. The van der Waals surface area contributed by atoms with Gasteiger partial charge in [0.05, 0.1) is 12.2 Å². The van der Waals surface area contributed by atoms with E-state index in [2.05, 4.69) is 33.2 Å². The van der Waals surface area contributed by atoms with E-state index < -0.39 is 0 Å². The maximum Gasteiger partial charge on any atom is 0.255 e. The van der Waals surface area contributed by atoms with E-state index in [-0.39, 0.29) is 12.0 Å². The van der Waals surface area contributed by atoms with Gasteiger partial charge in [-0.3, -0.25) is 4.79 Å². The number of rotatable bonds is 3. The first-order valence-electron chi connectivity index (χ1n) is 7.75. The molecule has 2 saturated heterocycles. The topological polar surface area (TPSA) is 50.4 Å². The molecule has 3 atom stereocenters. The van der Waals surface area contributed by atoms with Crippen LogP contribution in [0.15, 0.2) is 48.5 Å². The normalized spacial score (nSPS) is 25.5. The van der Waals surface area contributed by atoms with Gasteiger partial charge in [-0.15, -0.1) is 0 Å².